The molecule has 3 rings (SSSR count). The highest BCUT2D eigenvalue weighted by Crippen LogP contribution is 2.37. The molecule has 1 atom stereocenters. The Morgan fingerprint density at radius 1 is 1.14 bits per heavy atom. The van der Waals surface area contributed by atoms with E-state index in [4.69, 9.17) is 9.47 Å². The molecule has 4 nitrogen and oxygen atoms in total. The maximum atomic E-state index is 12.4. The van der Waals surface area contributed by atoms with E-state index >= 15 is 0 Å². The first kappa shape index (κ1) is 20.7. The van der Waals surface area contributed by atoms with Crippen molar-refractivity contribution in [3.8, 4) is 17.2 Å². The van der Waals surface area contributed by atoms with Crippen molar-refractivity contribution >= 4 is 5.78 Å². The average Bonchev–Trinajstić information content (AvgIpc) is 2.68. The molecular weight excluding hydrogens is 364 g/mol. The van der Waals surface area contributed by atoms with Gasteiger partial charge in [-0.15, -0.1) is 0 Å². The zero-order valence-electron chi connectivity index (χ0n) is 17.3. The van der Waals surface area contributed by atoms with Crippen LogP contribution in [-0.4, -0.2) is 17.5 Å². The molecule has 0 unspecified atom stereocenters. The molecule has 0 spiro atoms. The van der Waals surface area contributed by atoms with Crippen LogP contribution in [-0.2, 0) is 0 Å². The van der Waals surface area contributed by atoms with Crippen LogP contribution in [0.25, 0.3) is 0 Å². The molecule has 0 saturated heterocycles. The molecule has 0 aromatic heterocycles. The van der Waals surface area contributed by atoms with Crippen LogP contribution in [0.1, 0.15) is 62.1 Å². The Balaban J connectivity index is 1.57. The van der Waals surface area contributed by atoms with Gasteiger partial charge in [0.05, 0.1) is 12.0 Å². The largest absolute Gasteiger partial charge is 0.508 e. The van der Waals surface area contributed by atoms with Crippen molar-refractivity contribution in [1.82, 2.24) is 0 Å². The van der Waals surface area contributed by atoms with Crippen molar-refractivity contribution in [3.05, 3.63) is 76.9 Å². The minimum absolute atomic E-state index is 0.0188. The Hall–Kier alpha value is -3.01. The number of fused-ring (bicyclic) bond motifs is 1. The van der Waals surface area contributed by atoms with Crippen LogP contribution in [0, 0.1) is 0 Å². The number of phenolic OH excluding ortho intramolecular Hbond substituents is 1. The average molecular weight is 392 g/mol. The van der Waals surface area contributed by atoms with Crippen LogP contribution in [0.5, 0.6) is 17.2 Å². The highest BCUT2D eigenvalue weighted by molar-refractivity contribution is 6.00. The summed E-state index contributed by atoms with van der Waals surface area (Å²) in [5, 5.41) is 9.65. The summed E-state index contributed by atoms with van der Waals surface area (Å²) in [6.45, 7) is 6.88. The highest BCUT2D eigenvalue weighted by Gasteiger charge is 2.27. The Morgan fingerprint density at radius 3 is 2.62 bits per heavy atom. The summed E-state index contributed by atoms with van der Waals surface area (Å²) >= 11 is 0. The maximum absolute atomic E-state index is 12.4. The molecule has 2 aromatic carbocycles. The number of Topliss-reactive ketones (excluding diaryl/α,β-unsaturated/α-hetero) is 1. The molecule has 29 heavy (non-hydrogen) atoms. The standard InChI is InChI=1S/C25H28O4/c1-17(2)5-4-6-18(3)13-14-28-21-10-7-19(8-11-21)24-16-23(27)22-12-9-20(26)15-25(22)29-24/h5,7-13,15,24,26H,4,6,14,16H2,1-3H3/b18-13+/t24-/m0/s1. The molecule has 152 valence electrons. The van der Waals surface area contributed by atoms with E-state index < -0.39 is 0 Å². The summed E-state index contributed by atoms with van der Waals surface area (Å²) in [5.74, 6) is 1.32. The van der Waals surface area contributed by atoms with E-state index in [-0.39, 0.29) is 24.1 Å². The third kappa shape index (κ3) is 5.74. The van der Waals surface area contributed by atoms with Gasteiger partial charge < -0.3 is 14.6 Å². The lowest BCUT2D eigenvalue weighted by molar-refractivity contribution is 0.0849. The maximum Gasteiger partial charge on any atom is 0.170 e. The molecule has 0 aliphatic carbocycles. The minimum Gasteiger partial charge on any atom is -0.508 e. The molecule has 1 aliphatic rings. The highest BCUT2D eigenvalue weighted by atomic mass is 16.5. The van der Waals surface area contributed by atoms with E-state index in [2.05, 4.69) is 32.9 Å². The summed E-state index contributed by atoms with van der Waals surface area (Å²) in [6.07, 6.45) is 6.38. The Kier molecular flexibility index (Phi) is 6.76. The molecule has 0 fully saturated rings. The molecular formula is C25H28O4. The second kappa shape index (κ2) is 9.46. The normalized spacial score (nSPS) is 16.0. The number of carbonyl (C=O) groups is 1. The van der Waals surface area contributed by atoms with E-state index in [1.54, 1.807) is 6.07 Å². The number of rotatable bonds is 7. The van der Waals surface area contributed by atoms with E-state index in [9.17, 15) is 9.90 Å². The van der Waals surface area contributed by atoms with Gasteiger partial charge in [-0.25, -0.2) is 0 Å². The fourth-order valence-corrected chi connectivity index (χ4v) is 3.25. The zero-order chi connectivity index (χ0) is 20.8. The summed E-state index contributed by atoms with van der Waals surface area (Å²) in [5.41, 5.74) is 4.09. The van der Waals surface area contributed by atoms with Gasteiger partial charge in [-0.2, -0.15) is 0 Å². The first-order chi connectivity index (χ1) is 13.9. The fourth-order valence-electron chi connectivity index (χ4n) is 3.25. The topological polar surface area (TPSA) is 55.8 Å². The van der Waals surface area contributed by atoms with Gasteiger partial charge in [-0.1, -0.05) is 29.4 Å². The third-order valence-corrected chi connectivity index (χ3v) is 4.93. The molecule has 0 bridgehead atoms. The van der Waals surface area contributed by atoms with Crippen molar-refractivity contribution in [2.45, 2.75) is 46.1 Å². The lowest BCUT2D eigenvalue weighted by atomic mass is 9.96. The van der Waals surface area contributed by atoms with Crippen molar-refractivity contribution in [3.63, 3.8) is 0 Å². The van der Waals surface area contributed by atoms with Crippen LogP contribution in [0.4, 0.5) is 0 Å². The van der Waals surface area contributed by atoms with Crippen molar-refractivity contribution in [2.24, 2.45) is 0 Å². The molecule has 1 N–H and O–H groups in total. The van der Waals surface area contributed by atoms with Crippen LogP contribution in [0.2, 0.25) is 0 Å². The Labute approximate surface area is 172 Å². The predicted octanol–water partition coefficient (Wildman–Crippen LogP) is 6.17. The van der Waals surface area contributed by atoms with Gasteiger partial charge in [0.25, 0.3) is 0 Å². The van der Waals surface area contributed by atoms with Crippen LogP contribution >= 0.6 is 0 Å². The van der Waals surface area contributed by atoms with Crippen LogP contribution in [0.15, 0.2) is 65.8 Å². The van der Waals surface area contributed by atoms with Gasteiger partial charge in [-0.3, -0.25) is 4.79 Å². The number of hydrogen-bond acceptors (Lipinski definition) is 4. The molecule has 0 radical (unpaired) electrons. The number of allylic oxidation sites excluding steroid dienone is 3. The molecule has 0 saturated carbocycles. The zero-order valence-corrected chi connectivity index (χ0v) is 17.3. The Bertz CT molecular complexity index is 918. The van der Waals surface area contributed by atoms with Gasteiger partial charge in [0, 0.05) is 6.07 Å². The number of aromatic hydroxyl groups is 1. The number of carbonyl (C=O) groups excluding carboxylic acids is 1. The van der Waals surface area contributed by atoms with Crippen LogP contribution in [0.3, 0.4) is 0 Å². The quantitative estimate of drug-likeness (QED) is 0.573. The second-order valence-corrected chi connectivity index (χ2v) is 7.66. The van der Waals surface area contributed by atoms with Gasteiger partial charge in [0.15, 0.2) is 5.78 Å². The molecule has 1 aliphatic heterocycles. The van der Waals surface area contributed by atoms with E-state index in [1.165, 1.54) is 23.3 Å². The van der Waals surface area contributed by atoms with Gasteiger partial charge in [0.2, 0.25) is 0 Å². The van der Waals surface area contributed by atoms with Crippen molar-refractivity contribution in [2.75, 3.05) is 6.61 Å². The smallest absolute Gasteiger partial charge is 0.170 e. The summed E-state index contributed by atoms with van der Waals surface area (Å²) < 4.78 is 11.7. The first-order valence-electron chi connectivity index (χ1n) is 9.97. The number of phenols is 1. The van der Waals surface area contributed by atoms with Gasteiger partial charge in [0.1, 0.15) is 30.0 Å². The van der Waals surface area contributed by atoms with Crippen molar-refractivity contribution in [1.29, 1.82) is 0 Å². The molecule has 2 aromatic rings. The second-order valence-electron chi connectivity index (χ2n) is 7.66. The third-order valence-electron chi connectivity index (χ3n) is 4.93. The monoisotopic (exact) mass is 392 g/mol. The fraction of sp³-hybridized carbons (Fsp3) is 0.320. The van der Waals surface area contributed by atoms with E-state index in [1.807, 2.05) is 24.3 Å². The molecule has 1 heterocycles. The summed E-state index contributed by atoms with van der Waals surface area (Å²) in [6, 6.07) is 12.2. The lowest BCUT2D eigenvalue weighted by Crippen LogP contribution is -2.20. The Morgan fingerprint density at radius 2 is 1.90 bits per heavy atom. The number of hydrogen-bond donors (Lipinski definition) is 1. The SMILES string of the molecule is CC(C)=CCC/C(C)=C/COc1ccc([C@@H]2CC(=O)c3ccc(O)cc3O2)cc1. The van der Waals surface area contributed by atoms with E-state index in [0.29, 0.717) is 17.9 Å². The van der Waals surface area contributed by atoms with Crippen LogP contribution < -0.4 is 9.47 Å². The summed E-state index contributed by atoms with van der Waals surface area (Å²) in [4.78, 5) is 12.4. The van der Waals surface area contributed by atoms with Crippen molar-refractivity contribution < 1.29 is 19.4 Å². The lowest BCUT2D eigenvalue weighted by Gasteiger charge is -2.25. The first-order valence-corrected chi connectivity index (χ1v) is 9.97. The number of benzene rings is 2. The number of ether oxygens (including phenoxy) is 2. The predicted molar refractivity (Wildman–Crippen MR) is 115 cm³/mol. The summed E-state index contributed by atoms with van der Waals surface area (Å²) in [7, 11) is 0. The number of ketones is 1. The van der Waals surface area contributed by atoms with Gasteiger partial charge >= 0.3 is 0 Å². The minimum atomic E-state index is -0.358. The molecule has 0 amide bonds. The molecule has 4 heteroatoms. The van der Waals surface area contributed by atoms with E-state index in [0.717, 1.165) is 24.2 Å². The van der Waals surface area contributed by atoms with Gasteiger partial charge in [-0.05, 0) is 69.5 Å².